The molecule has 3 rings (SSSR count). The van der Waals surface area contributed by atoms with Gasteiger partial charge in [-0.15, -0.1) is 0 Å². The van der Waals surface area contributed by atoms with E-state index in [0.717, 1.165) is 0 Å². The van der Waals surface area contributed by atoms with Crippen LogP contribution in [0.25, 0.3) is 11.5 Å². The van der Waals surface area contributed by atoms with Gasteiger partial charge >= 0.3 is 11.9 Å². The van der Waals surface area contributed by atoms with Crippen molar-refractivity contribution < 1.29 is 28.0 Å². The number of rotatable bonds is 5. The summed E-state index contributed by atoms with van der Waals surface area (Å²) in [5.74, 6) is 0.262. The molecule has 0 saturated heterocycles. The third kappa shape index (κ3) is 3.64. The lowest BCUT2D eigenvalue weighted by Crippen LogP contribution is -2.05. The Bertz CT molecular complexity index is 939. The fourth-order valence-electron chi connectivity index (χ4n) is 2.30. The van der Waals surface area contributed by atoms with Gasteiger partial charge in [0.15, 0.2) is 5.82 Å². The summed E-state index contributed by atoms with van der Waals surface area (Å²) in [4.78, 5) is 27.8. The number of nitrogens with zero attached hydrogens (tertiary/aromatic N) is 2. The molecule has 0 N–H and O–H groups in total. The molecule has 8 nitrogen and oxygen atoms in total. The topological polar surface area (TPSA) is 105 Å². The first-order valence-corrected chi connectivity index (χ1v) is 7.73. The standard InChI is InChI=1S/C18H16N2O6/c1-10-8-14(25-15(10)18(22)23-3)9-24-17(21)13-6-4-12(5-7-13)16-19-11(2)20-26-16/h4-8H,9H2,1-3H3. The summed E-state index contributed by atoms with van der Waals surface area (Å²) < 4.78 is 20.3. The molecule has 3 aromatic rings. The Labute approximate surface area is 148 Å². The number of carbonyl (C=O) groups is 2. The maximum atomic E-state index is 12.1. The highest BCUT2D eigenvalue weighted by Gasteiger charge is 2.17. The lowest BCUT2D eigenvalue weighted by Gasteiger charge is -2.03. The van der Waals surface area contributed by atoms with Gasteiger partial charge in [0.2, 0.25) is 5.76 Å². The van der Waals surface area contributed by atoms with Crippen molar-refractivity contribution in [2.75, 3.05) is 7.11 Å². The number of esters is 2. The Hall–Kier alpha value is -3.42. The van der Waals surface area contributed by atoms with E-state index in [4.69, 9.17) is 13.7 Å². The molecule has 26 heavy (non-hydrogen) atoms. The monoisotopic (exact) mass is 356 g/mol. The number of furan rings is 1. The largest absolute Gasteiger partial charge is 0.463 e. The van der Waals surface area contributed by atoms with Gasteiger partial charge in [0, 0.05) is 11.1 Å². The van der Waals surface area contributed by atoms with E-state index in [9.17, 15) is 9.59 Å². The summed E-state index contributed by atoms with van der Waals surface area (Å²) in [7, 11) is 1.27. The van der Waals surface area contributed by atoms with Crippen molar-refractivity contribution in [2.24, 2.45) is 0 Å². The quantitative estimate of drug-likeness (QED) is 0.642. The first-order chi connectivity index (χ1) is 12.5. The van der Waals surface area contributed by atoms with Crippen molar-refractivity contribution in [3.8, 4) is 11.5 Å². The third-order valence-electron chi connectivity index (χ3n) is 3.58. The lowest BCUT2D eigenvalue weighted by atomic mass is 10.1. The Morgan fingerprint density at radius 3 is 2.46 bits per heavy atom. The molecular weight excluding hydrogens is 340 g/mol. The molecule has 0 amide bonds. The van der Waals surface area contributed by atoms with Crippen LogP contribution in [0.5, 0.6) is 0 Å². The molecule has 0 fully saturated rings. The second-order valence-electron chi connectivity index (χ2n) is 5.52. The number of aryl methyl sites for hydroxylation is 2. The number of hydrogen-bond acceptors (Lipinski definition) is 8. The number of aromatic nitrogens is 2. The Kier molecular flexibility index (Phi) is 4.83. The first-order valence-electron chi connectivity index (χ1n) is 7.73. The van der Waals surface area contributed by atoms with Crippen LogP contribution in [-0.2, 0) is 16.1 Å². The van der Waals surface area contributed by atoms with E-state index in [-0.39, 0.29) is 12.4 Å². The number of benzene rings is 1. The smallest absolute Gasteiger partial charge is 0.374 e. The SMILES string of the molecule is COC(=O)c1oc(COC(=O)c2ccc(-c3nc(C)no3)cc2)cc1C. The molecule has 0 aliphatic carbocycles. The van der Waals surface area contributed by atoms with E-state index in [1.807, 2.05) is 0 Å². The minimum absolute atomic E-state index is 0.0951. The number of methoxy groups -OCH3 is 1. The van der Waals surface area contributed by atoms with Gasteiger partial charge in [-0.05, 0) is 44.2 Å². The maximum Gasteiger partial charge on any atom is 0.374 e. The highest BCUT2D eigenvalue weighted by molar-refractivity contribution is 5.90. The fraction of sp³-hybridized carbons (Fsp3) is 0.222. The molecule has 0 spiro atoms. The number of hydrogen-bond donors (Lipinski definition) is 0. The van der Waals surface area contributed by atoms with E-state index in [0.29, 0.717) is 34.2 Å². The highest BCUT2D eigenvalue weighted by atomic mass is 16.6. The molecule has 0 bridgehead atoms. The van der Waals surface area contributed by atoms with Crippen LogP contribution < -0.4 is 0 Å². The van der Waals surface area contributed by atoms with Gasteiger partial charge in [-0.3, -0.25) is 0 Å². The van der Waals surface area contributed by atoms with E-state index in [1.54, 1.807) is 44.2 Å². The van der Waals surface area contributed by atoms with E-state index in [1.165, 1.54) is 7.11 Å². The summed E-state index contributed by atoms with van der Waals surface area (Å²) >= 11 is 0. The fourth-order valence-corrected chi connectivity index (χ4v) is 2.30. The van der Waals surface area contributed by atoms with Crippen LogP contribution in [-0.4, -0.2) is 29.2 Å². The van der Waals surface area contributed by atoms with Crippen molar-refractivity contribution in [2.45, 2.75) is 20.5 Å². The van der Waals surface area contributed by atoms with Crippen molar-refractivity contribution in [3.63, 3.8) is 0 Å². The minimum Gasteiger partial charge on any atom is -0.463 e. The molecule has 2 heterocycles. The minimum atomic E-state index is -0.577. The molecule has 2 aromatic heterocycles. The van der Waals surface area contributed by atoms with Crippen molar-refractivity contribution >= 4 is 11.9 Å². The van der Waals surface area contributed by atoms with Crippen molar-refractivity contribution in [1.82, 2.24) is 10.1 Å². The Morgan fingerprint density at radius 1 is 1.12 bits per heavy atom. The molecule has 1 aromatic carbocycles. The Morgan fingerprint density at radius 2 is 1.85 bits per heavy atom. The van der Waals surface area contributed by atoms with Crippen LogP contribution in [0.1, 0.15) is 38.1 Å². The lowest BCUT2D eigenvalue weighted by molar-refractivity contribution is 0.0438. The van der Waals surface area contributed by atoms with Gasteiger partial charge in [0.25, 0.3) is 5.89 Å². The summed E-state index contributed by atoms with van der Waals surface area (Å²) in [6, 6.07) is 8.21. The average molecular weight is 356 g/mol. The van der Waals surface area contributed by atoms with Crippen molar-refractivity contribution in [1.29, 1.82) is 0 Å². The average Bonchev–Trinajstić information content (AvgIpc) is 3.25. The van der Waals surface area contributed by atoms with Crippen LogP contribution >= 0.6 is 0 Å². The zero-order valence-electron chi connectivity index (χ0n) is 14.4. The zero-order chi connectivity index (χ0) is 18.7. The van der Waals surface area contributed by atoms with Gasteiger partial charge in [0.1, 0.15) is 12.4 Å². The molecule has 0 unspecified atom stereocenters. The second-order valence-corrected chi connectivity index (χ2v) is 5.52. The zero-order valence-corrected chi connectivity index (χ0v) is 14.4. The summed E-state index contributed by atoms with van der Waals surface area (Å²) in [6.45, 7) is 3.33. The summed E-state index contributed by atoms with van der Waals surface area (Å²) in [6.07, 6.45) is 0. The van der Waals surface area contributed by atoms with Crippen LogP contribution in [0.15, 0.2) is 39.3 Å². The Balaban J connectivity index is 1.64. The highest BCUT2D eigenvalue weighted by Crippen LogP contribution is 2.19. The predicted octanol–water partition coefficient (Wildman–Crippen LogP) is 3.09. The van der Waals surface area contributed by atoms with Crippen LogP contribution in [0.3, 0.4) is 0 Å². The second kappa shape index (κ2) is 7.22. The van der Waals surface area contributed by atoms with Gasteiger partial charge in [-0.25, -0.2) is 9.59 Å². The molecule has 0 saturated carbocycles. The van der Waals surface area contributed by atoms with Crippen LogP contribution in [0, 0.1) is 13.8 Å². The van der Waals surface area contributed by atoms with Crippen LogP contribution in [0.2, 0.25) is 0 Å². The molecule has 0 radical (unpaired) electrons. The van der Waals surface area contributed by atoms with Gasteiger partial charge in [-0.1, -0.05) is 5.16 Å². The maximum absolute atomic E-state index is 12.1. The first kappa shape index (κ1) is 17.4. The van der Waals surface area contributed by atoms with E-state index < -0.39 is 11.9 Å². The van der Waals surface area contributed by atoms with Gasteiger partial charge in [0.05, 0.1) is 12.7 Å². The van der Waals surface area contributed by atoms with E-state index in [2.05, 4.69) is 14.9 Å². The molecule has 134 valence electrons. The van der Waals surface area contributed by atoms with Gasteiger partial charge in [-0.2, -0.15) is 4.98 Å². The molecule has 8 heteroatoms. The predicted molar refractivity (Wildman–Crippen MR) is 88.4 cm³/mol. The number of carbonyl (C=O) groups excluding carboxylic acids is 2. The summed E-state index contributed by atoms with van der Waals surface area (Å²) in [5, 5.41) is 3.72. The van der Waals surface area contributed by atoms with Gasteiger partial charge < -0.3 is 18.4 Å². The van der Waals surface area contributed by atoms with E-state index >= 15 is 0 Å². The third-order valence-corrected chi connectivity index (χ3v) is 3.58. The molecule has 0 aliphatic heterocycles. The van der Waals surface area contributed by atoms with Crippen LogP contribution in [0.4, 0.5) is 0 Å². The number of ether oxygens (including phenoxy) is 2. The normalized spacial score (nSPS) is 10.6. The molecule has 0 atom stereocenters. The van der Waals surface area contributed by atoms with Crippen molar-refractivity contribution in [3.05, 3.63) is 58.8 Å². The summed E-state index contributed by atoms with van der Waals surface area (Å²) in [5.41, 5.74) is 1.68. The molecule has 0 aliphatic rings. The molecular formula is C18H16N2O6.